The van der Waals surface area contributed by atoms with E-state index < -0.39 is 5.60 Å². The van der Waals surface area contributed by atoms with E-state index in [1.54, 1.807) is 0 Å². The zero-order chi connectivity index (χ0) is 16.8. The molecule has 2 saturated heterocycles. The number of aliphatic hydroxyl groups is 1. The Morgan fingerprint density at radius 3 is 2.60 bits per heavy atom. The van der Waals surface area contributed by atoms with Gasteiger partial charge >= 0.3 is 0 Å². The van der Waals surface area contributed by atoms with Gasteiger partial charge in [-0.2, -0.15) is 11.8 Å². The Morgan fingerprint density at radius 1 is 1.28 bits per heavy atom. The van der Waals surface area contributed by atoms with Crippen molar-refractivity contribution in [1.29, 1.82) is 0 Å². The Kier molecular flexibility index (Phi) is 9.11. The lowest BCUT2D eigenvalue weighted by atomic mass is 10.0. The molecular formula is C18H34IN3O2S. The molecule has 3 fully saturated rings. The van der Waals surface area contributed by atoms with Gasteiger partial charge in [0.2, 0.25) is 0 Å². The molecule has 1 unspecified atom stereocenters. The van der Waals surface area contributed by atoms with Crippen LogP contribution in [-0.2, 0) is 4.74 Å². The van der Waals surface area contributed by atoms with Gasteiger partial charge in [0.25, 0.3) is 0 Å². The van der Waals surface area contributed by atoms with Crippen molar-refractivity contribution < 1.29 is 9.84 Å². The summed E-state index contributed by atoms with van der Waals surface area (Å²) in [5.74, 6) is 3.62. The minimum absolute atomic E-state index is 0. The minimum Gasteiger partial charge on any atom is -0.387 e. The van der Waals surface area contributed by atoms with Crippen LogP contribution >= 0.6 is 35.7 Å². The number of nitrogens with one attached hydrogen (secondary N) is 1. The molecule has 2 aliphatic heterocycles. The largest absolute Gasteiger partial charge is 0.387 e. The number of ether oxygens (including phenoxy) is 1. The van der Waals surface area contributed by atoms with Crippen molar-refractivity contribution in [1.82, 2.24) is 10.2 Å². The highest BCUT2D eigenvalue weighted by Crippen LogP contribution is 2.27. The molecule has 25 heavy (non-hydrogen) atoms. The summed E-state index contributed by atoms with van der Waals surface area (Å²) in [6, 6.07) is 0. The second kappa shape index (κ2) is 10.6. The second-order valence-corrected chi connectivity index (χ2v) is 8.70. The van der Waals surface area contributed by atoms with E-state index in [-0.39, 0.29) is 24.0 Å². The first-order valence-corrected chi connectivity index (χ1v) is 10.7. The van der Waals surface area contributed by atoms with E-state index in [2.05, 4.69) is 15.2 Å². The molecule has 5 nitrogen and oxygen atoms in total. The molecule has 2 N–H and O–H groups in total. The van der Waals surface area contributed by atoms with Crippen molar-refractivity contribution in [3.05, 3.63) is 0 Å². The lowest BCUT2D eigenvalue weighted by molar-refractivity contribution is 0.000701. The Balaban J connectivity index is 0.00000225. The number of hydrogen-bond acceptors (Lipinski definition) is 4. The third-order valence-electron chi connectivity index (χ3n) is 5.65. The molecule has 2 heterocycles. The maximum atomic E-state index is 10.5. The standard InChI is InChI=1S/C18H33N3O2S.HI/c1-19-17(20-13-18(22)8-11-24-14-18)21-9-6-16(7-10-21)23-12-15-4-2-3-5-15;/h15-16,22H,2-14H2,1H3,(H,19,20);1H. The first kappa shape index (κ1) is 21.6. The fraction of sp³-hybridized carbons (Fsp3) is 0.944. The molecule has 1 atom stereocenters. The Morgan fingerprint density at radius 2 is 2.00 bits per heavy atom. The summed E-state index contributed by atoms with van der Waals surface area (Å²) in [7, 11) is 1.83. The number of guanidine groups is 1. The van der Waals surface area contributed by atoms with Crippen LogP contribution in [0.4, 0.5) is 0 Å². The van der Waals surface area contributed by atoms with Crippen molar-refractivity contribution >= 4 is 41.7 Å². The summed E-state index contributed by atoms with van der Waals surface area (Å²) in [4.78, 5) is 6.72. The van der Waals surface area contributed by atoms with Crippen LogP contribution in [-0.4, -0.2) is 72.5 Å². The fourth-order valence-electron chi connectivity index (χ4n) is 4.00. The van der Waals surface area contributed by atoms with Gasteiger partial charge in [0.15, 0.2) is 5.96 Å². The monoisotopic (exact) mass is 483 g/mol. The van der Waals surface area contributed by atoms with Crippen molar-refractivity contribution in [2.45, 2.75) is 56.7 Å². The van der Waals surface area contributed by atoms with E-state index in [0.717, 1.165) is 62.3 Å². The molecule has 3 aliphatic rings. The van der Waals surface area contributed by atoms with E-state index >= 15 is 0 Å². The molecule has 1 saturated carbocycles. The number of aliphatic imine (C=N–C) groups is 1. The Bertz CT molecular complexity index is 419. The molecule has 0 spiro atoms. The van der Waals surface area contributed by atoms with Crippen LogP contribution in [0.25, 0.3) is 0 Å². The molecule has 1 aliphatic carbocycles. The van der Waals surface area contributed by atoms with Gasteiger partial charge in [0.05, 0.1) is 11.7 Å². The zero-order valence-corrected chi connectivity index (χ0v) is 18.6. The van der Waals surface area contributed by atoms with E-state index in [4.69, 9.17) is 4.74 Å². The van der Waals surface area contributed by atoms with Crippen LogP contribution in [0.1, 0.15) is 44.9 Å². The smallest absolute Gasteiger partial charge is 0.193 e. The van der Waals surface area contributed by atoms with Gasteiger partial charge < -0.3 is 20.1 Å². The molecule has 0 radical (unpaired) electrons. The van der Waals surface area contributed by atoms with E-state index in [9.17, 15) is 5.11 Å². The van der Waals surface area contributed by atoms with E-state index in [1.165, 1.54) is 25.7 Å². The zero-order valence-electron chi connectivity index (χ0n) is 15.4. The van der Waals surface area contributed by atoms with Crippen LogP contribution in [0.3, 0.4) is 0 Å². The average Bonchev–Trinajstić information content (AvgIpc) is 3.27. The van der Waals surface area contributed by atoms with Gasteiger partial charge in [0, 0.05) is 39.0 Å². The van der Waals surface area contributed by atoms with Gasteiger partial charge in [-0.05, 0) is 43.8 Å². The highest BCUT2D eigenvalue weighted by atomic mass is 127. The van der Waals surface area contributed by atoms with Crippen molar-refractivity contribution in [3.63, 3.8) is 0 Å². The SMILES string of the molecule is CN=C(NCC1(O)CCSC1)N1CCC(OCC2CCCC2)CC1.I. The van der Waals surface area contributed by atoms with E-state index in [1.807, 2.05) is 18.8 Å². The number of piperidine rings is 1. The Hall–Kier alpha value is 0.270. The minimum atomic E-state index is -0.566. The van der Waals surface area contributed by atoms with Crippen molar-refractivity contribution in [3.8, 4) is 0 Å². The van der Waals surface area contributed by atoms with Crippen molar-refractivity contribution in [2.75, 3.05) is 44.8 Å². The predicted molar refractivity (Wildman–Crippen MR) is 116 cm³/mol. The quantitative estimate of drug-likeness (QED) is 0.358. The highest BCUT2D eigenvalue weighted by molar-refractivity contribution is 14.0. The fourth-order valence-corrected chi connectivity index (χ4v) is 5.29. The number of rotatable bonds is 5. The highest BCUT2D eigenvalue weighted by Gasteiger charge is 2.32. The van der Waals surface area contributed by atoms with Crippen LogP contribution in [0.15, 0.2) is 4.99 Å². The maximum absolute atomic E-state index is 10.5. The molecule has 0 aromatic carbocycles. The summed E-state index contributed by atoms with van der Waals surface area (Å²) in [6.45, 7) is 3.54. The van der Waals surface area contributed by atoms with Crippen LogP contribution in [0.2, 0.25) is 0 Å². The van der Waals surface area contributed by atoms with E-state index in [0.29, 0.717) is 12.6 Å². The van der Waals surface area contributed by atoms with Gasteiger partial charge in [-0.1, -0.05) is 12.8 Å². The summed E-state index contributed by atoms with van der Waals surface area (Å²) in [5.41, 5.74) is -0.566. The lowest BCUT2D eigenvalue weighted by Crippen LogP contribution is -2.51. The lowest BCUT2D eigenvalue weighted by Gasteiger charge is -2.35. The summed E-state index contributed by atoms with van der Waals surface area (Å²) in [5, 5.41) is 13.9. The summed E-state index contributed by atoms with van der Waals surface area (Å²) < 4.78 is 6.16. The van der Waals surface area contributed by atoms with Gasteiger partial charge in [-0.3, -0.25) is 4.99 Å². The summed E-state index contributed by atoms with van der Waals surface area (Å²) in [6.07, 6.45) is 8.93. The predicted octanol–water partition coefficient (Wildman–Crippen LogP) is 2.72. The molecule has 3 rings (SSSR count). The van der Waals surface area contributed by atoms with Gasteiger partial charge in [-0.25, -0.2) is 0 Å². The summed E-state index contributed by atoms with van der Waals surface area (Å²) >= 11 is 1.83. The van der Waals surface area contributed by atoms with Crippen LogP contribution in [0.5, 0.6) is 0 Å². The number of likely N-dealkylation sites (tertiary alicyclic amines) is 1. The van der Waals surface area contributed by atoms with Crippen LogP contribution < -0.4 is 5.32 Å². The Labute approximate surface area is 173 Å². The normalized spacial score (nSPS) is 29.0. The van der Waals surface area contributed by atoms with Gasteiger partial charge in [-0.15, -0.1) is 24.0 Å². The third-order valence-corrected chi connectivity index (χ3v) is 6.89. The van der Waals surface area contributed by atoms with Crippen molar-refractivity contribution in [2.24, 2.45) is 10.9 Å². The number of hydrogen-bond donors (Lipinski definition) is 2. The molecule has 0 amide bonds. The molecule has 146 valence electrons. The molecule has 0 aromatic heterocycles. The van der Waals surface area contributed by atoms with Gasteiger partial charge in [0.1, 0.15) is 0 Å². The topological polar surface area (TPSA) is 57.1 Å². The number of thioether (sulfide) groups is 1. The first-order valence-electron chi connectivity index (χ1n) is 9.56. The first-order chi connectivity index (χ1) is 11.7. The number of nitrogens with zero attached hydrogens (tertiary/aromatic N) is 2. The molecule has 0 aromatic rings. The second-order valence-electron chi connectivity index (χ2n) is 7.60. The molecular weight excluding hydrogens is 449 g/mol. The molecule has 7 heteroatoms. The average molecular weight is 483 g/mol. The molecule has 0 bridgehead atoms. The van der Waals surface area contributed by atoms with Crippen LogP contribution in [0, 0.1) is 5.92 Å². The maximum Gasteiger partial charge on any atom is 0.193 e. The third kappa shape index (κ3) is 6.43. The number of halogens is 1.